The predicted octanol–water partition coefficient (Wildman–Crippen LogP) is 2.84. The molecule has 0 atom stereocenters. The van der Waals surface area contributed by atoms with Crippen molar-refractivity contribution in [2.45, 2.75) is 32.1 Å². The van der Waals surface area contributed by atoms with Crippen molar-refractivity contribution in [3.05, 3.63) is 46.4 Å². The van der Waals surface area contributed by atoms with E-state index in [9.17, 15) is 9.59 Å². The zero-order valence-corrected chi connectivity index (χ0v) is 12.0. The van der Waals surface area contributed by atoms with E-state index in [1.54, 1.807) is 12.1 Å². The van der Waals surface area contributed by atoms with E-state index in [-0.39, 0.29) is 11.5 Å². The normalized spacial score (nSPS) is 16.0. The second kappa shape index (κ2) is 6.12. The minimum atomic E-state index is -0.212. The molecule has 1 aliphatic carbocycles. The van der Waals surface area contributed by atoms with Crippen LogP contribution in [0.25, 0.3) is 10.8 Å². The SMILES string of the molecule is O=C(NCC1CCCCC1)c1cc2ccccc2c(=O)[nH]1. The second-order valence-corrected chi connectivity index (χ2v) is 5.81. The van der Waals surface area contributed by atoms with Crippen LogP contribution in [0.15, 0.2) is 35.1 Å². The van der Waals surface area contributed by atoms with Crippen LogP contribution in [0.5, 0.6) is 0 Å². The Morgan fingerprint density at radius 2 is 1.95 bits per heavy atom. The van der Waals surface area contributed by atoms with Crippen LogP contribution in [0.3, 0.4) is 0 Å². The van der Waals surface area contributed by atoms with Gasteiger partial charge in [0.2, 0.25) is 0 Å². The zero-order chi connectivity index (χ0) is 14.7. The topological polar surface area (TPSA) is 62.0 Å². The van der Waals surface area contributed by atoms with E-state index in [1.165, 1.54) is 32.1 Å². The van der Waals surface area contributed by atoms with Crippen molar-refractivity contribution in [3.63, 3.8) is 0 Å². The van der Waals surface area contributed by atoms with E-state index in [4.69, 9.17) is 0 Å². The number of aromatic amines is 1. The molecule has 1 fully saturated rings. The van der Waals surface area contributed by atoms with Crippen LogP contribution in [0, 0.1) is 5.92 Å². The van der Waals surface area contributed by atoms with Crippen LogP contribution in [0.2, 0.25) is 0 Å². The van der Waals surface area contributed by atoms with Gasteiger partial charge in [0.15, 0.2) is 0 Å². The predicted molar refractivity (Wildman–Crippen MR) is 83.5 cm³/mol. The van der Waals surface area contributed by atoms with Crippen LogP contribution < -0.4 is 10.9 Å². The molecule has 1 aromatic heterocycles. The number of fused-ring (bicyclic) bond motifs is 1. The summed E-state index contributed by atoms with van der Waals surface area (Å²) in [6, 6.07) is 9.04. The van der Waals surface area contributed by atoms with E-state index in [2.05, 4.69) is 10.3 Å². The van der Waals surface area contributed by atoms with E-state index in [1.807, 2.05) is 18.2 Å². The summed E-state index contributed by atoms with van der Waals surface area (Å²) in [6.45, 7) is 0.702. The first kappa shape index (κ1) is 13.9. The summed E-state index contributed by atoms with van der Waals surface area (Å²) in [5.74, 6) is 0.387. The Morgan fingerprint density at radius 1 is 1.19 bits per heavy atom. The van der Waals surface area contributed by atoms with E-state index < -0.39 is 0 Å². The number of aromatic nitrogens is 1. The Hall–Kier alpha value is -2.10. The molecule has 110 valence electrons. The van der Waals surface area contributed by atoms with Gasteiger partial charge in [0, 0.05) is 11.9 Å². The molecule has 1 amide bonds. The fraction of sp³-hybridized carbons (Fsp3) is 0.412. The van der Waals surface area contributed by atoms with Gasteiger partial charge in [-0.2, -0.15) is 0 Å². The van der Waals surface area contributed by atoms with E-state index in [0.29, 0.717) is 23.5 Å². The number of rotatable bonds is 3. The van der Waals surface area contributed by atoms with Crippen LogP contribution in [-0.4, -0.2) is 17.4 Å². The number of hydrogen-bond acceptors (Lipinski definition) is 2. The molecule has 21 heavy (non-hydrogen) atoms. The lowest BCUT2D eigenvalue weighted by Gasteiger charge is -2.21. The molecule has 0 saturated heterocycles. The lowest BCUT2D eigenvalue weighted by molar-refractivity contribution is 0.0938. The number of nitrogens with one attached hydrogen (secondary N) is 2. The van der Waals surface area contributed by atoms with Crippen molar-refractivity contribution in [1.29, 1.82) is 0 Å². The molecule has 2 aromatic rings. The second-order valence-electron chi connectivity index (χ2n) is 5.81. The summed E-state index contributed by atoms with van der Waals surface area (Å²) in [4.78, 5) is 26.8. The Bertz CT molecular complexity index is 699. The molecular formula is C17H20N2O2. The maximum absolute atomic E-state index is 12.2. The summed E-state index contributed by atoms with van der Waals surface area (Å²) in [6.07, 6.45) is 6.20. The molecular weight excluding hydrogens is 264 g/mol. The van der Waals surface area contributed by atoms with Crippen molar-refractivity contribution in [2.75, 3.05) is 6.54 Å². The van der Waals surface area contributed by atoms with Crippen molar-refractivity contribution in [3.8, 4) is 0 Å². The molecule has 2 N–H and O–H groups in total. The molecule has 0 unspecified atom stereocenters. The fourth-order valence-corrected chi connectivity index (χ4v) is 3.06. The molecule has 4 nitrogen and oxygen atoms in total. The number of amides is 1. The van der Waals surface area contributed by atoms with E-state index in [0.717, 1.165) is 5.39 Å². The number of carbonyl (C=O) groups is 1. The molecule has 0 radical (unpaired) electrons. The highest BCUT2D eigenvalue weighted by Gasteiger charge is 2.15. The summed E-state index contributed by atoms with van der Waals surface area (Å²) in [5.41, 5.74) is 0.130. The van der Waals surface area contributed by atoms with Crippen LogP contribution in [0.1, 0.15) is 42.6 Å². The van der Waals surface area contributed by atoms with Gasteiger partial charge >= 0.3 is 0 Å². The van der Waals surface area contributed by atoms with Gasteiger partial charge in [-0.25, -0.2) is 0 Å². The number of carbonyl (C=O) groups excluding carboxylic acids is 1. The van der Waals surface area contributed by atoms with Crippen molar-refractivity contribution in [2.24, 2.45) is 5.92 Å². The van der Waals surface area contributed by atoms with Crippen molar-refractivity contribution in [1.82, 2.24) is 10.3 Å². The number of hydrogen-bond donors (Lipinski definition) is 2. The molecule has 3 rings (SSSR count). The highest BCUT2D eigenvalue weighted by atomic mass is 16.2. The first-order valence-corrected chi connectivity index (χ1v) is 7.64. The van der Waals surface area contributed by atoms with E-state index >= 15 is 0 Å². The van der Waals surface area contributed by atoms with Gasteiger partial charge in [-0.05, 0) is 36.3 Å². The van der Waals surface area contributed by atoms with Crippen molar-refractivity contribution < 1.29 is 4.79 Å². The van der Waals surface area contributed by atoms with Gasteiger partial charge in [-0.3, -0.25) is 9.59 Å². The fourth-order valence-electron chi connectivity index (χ4n) is 3.06. The van der Waals surface area contributed by atoms with Gasteiger partial charge in [0.1, 0.15) is 5.69 Å². The monoisotopic (exact) mass is 284 g/mol. The average molecular weight is 284 g/mol. The van der Waals surface area contributed by atoms with Gasteiger partial charge in [0.25, 0.3) is 11.5 Å². The third kappa shape index (κ3) is 3.15. The Morgan fingerprint density at radius 3 is 2.76 bits per heavy atom. The first-order chi connectivity index (χ1) is 10.2. The van der Waals surface area contributed by atoms with Crippen LogP contribution in [0.4, 0.5) is 0 Å². The first-order valence-electron chi connectivity index (χ1n) is 7.64. The summed E-state index contributed by atoms with van der Waals surface area (Å²) in [5, 5.41) is 4.36. The number of H-pyrrole nitrogens is 1. The number of benzene rings is 1. The lowest BCUT2D eigenvalue weighted by Crippen LogP contribution is -2.31. The Labute approximate surface area is 123 Å². The molecule has 0 spiro atoms. The van der Waals surface area contributed by atoms with Crippen molar-refractivity contribution >= 4 is 16.7 Å². The molecule has 1 aliphatic rings. The standard InChI is InChI=1S/C17H20N2O2/c20-16-14-9-5-4-8-13(14)10-15(19-16)17(21)18-11-12-6-2-1-3-7-12/h4-5,8-10,12H,1-3,6-7,11H2,(H,18,21)(H,19,20). The van der Waals surface area contributed by atoms with Gasteiger partial charge in [-0.15, -0.1) is 0 Å². The third-order valence-corrected chi connectivity index (χ3v) is 4.27. The molecule has 1 aromatic carbocycles. The Kier molecular flexibility index (Phi) is 4.04. The van der Waals surface area contributed by atoms with Gasteiger partial charge < -0.3 is 10.3 Å². The smallest absolute Gasteiger partial charge is 0.267 e. The quantitative estimate of drug-likeness (QED) is 0.910. The highest BCUT2D eigenvalue weighted by Crippen LogP contribution is 2.22. The molecule has 0 bridgehead atoms. The van der Waals surface area contributed by atoms with Gasteiger partial charge in [-0.1, -0.05) is 37.5 Å². The Balaban J connectivity index is 1.73. The molecule has 0 aliphatic heterocycles. The van der Waals surface area contributed by atoms with Gasteiger partial charge in [0.05, 0.1) is 0 Å². The largest absolute Gasteiger partial charge is 0.350 e. The summed E-state index contributed by atoms with van der Waals surface area (Å²) in [7, 11) is 0. The number of pyridine rings is 1. The molecule has 1 saturated carbocycles. The minimum absolute atomic E-state index is 0.191. The average Bonchev–Trinajstić information content (AvgIpc) is 2.53. The third-order valence-electron chi connectivity index (χ3n) is 4.27. The van der Waals surface area contributed by atoms with Crippen LogP contribution >= 0.6 is 0 Å². The maximum Gasteiger partial charge on any atom is 0.267 e. The zero-order valence-electron chi connectivity index (χ0n) is 12.0. The lowest BCUT2D eigenvalue weighted by atomic mass is 9.89. The summed E-state index contributed by atoms with van der Waals surface area (Å²) < 4.78 is 0. The maximum atomic E-state index is 12.2. The summed E-state index contributed by atoms with van der Waals surface area (Å²) >= 11 is 0. The molecule has 1 heterocycles. The minimum Gasteiger partial charge on any atom is -0.350 e. The van der Waals surface area contributed by atoms with Crippen LogP contribution in [-0.2, 0) is 0 Å². The highest BCUT2D eigenvalue weighted by molar-refractivity contribution is 5.96. The molecule has 4 heteroatoms.